The number of ether oxygens (including phenoxy) is 1. The van der Waals surface area contributed by atoms with E-state index in [2.05, 4.69) is 0 Å². The van der Waals surface area contributed by atoms with Crippen LogP contribution in [0.15, 0.2) is 58.3 Å². The molecule has 6 nitrogen and oxygen atoms in total. The molecule has 1 aliphatic rings. The number of sulfonamides is 2. The van der Waals surface area contributed by atoms with Crippen molar-refractivity contribution in [1.29, 1.82) is 0 Å². The van der Waals surface area contributed by atoms with E-state index >= 15 is 0 Å². The van der Waals surface area contributed by atoms with Gasteiger partial charge in [0.25, 0.3) is 20.0 Å². The first-order valence-corrected chi connectivity index (χ1v) is 12.1. The van der Waals surface area contributed by atoms with Crippen molar-refractivity contribution in [2.24, 2.45) is 0 Å². The molecule has 1 atom stereocenters. The Hall–Kier alpha value is -1.74. The molecule has 2 aromatic rings. The maximum Gasteiger partial charge on any atom is 0.256 e. The predicted molar refractivity (Wildman–Crippen MR) is 107 cm³/mol. The highest BCUT2D eigenvalue weighted by Crippen LogP contribution is 2.27. The number of rotatable bonds is 6. The zero-order chi connectivity index (χ0) is 20.4. The summed E-state index contributed by atoms with van der Waals surface area (Å²) in [6.07, 6.45) is 1.96. The van der Waals surface area contributed by atoms with Gasteiger partial charge in [-0.2, -0.15) is 0 Å². The molecule has 0 saturated carbocycles. The molecule has 0 aromatic heterocycles. The summed E-state index contributed by atoms with van der Waals surface area (Å²) in [6.45, 7) is 3.96. The second-order valence-electron chi connectivity index (χ2n) is 7.08. The van der Waals surface area contributed by atoms with Gasteiger partial charge in [-0.25, -0.2) is 16.8 Å². The van der Waals surface area contributed by atoms with Crippen LogP contribution in [0, 0.1) is 13.8 Å². The highest BCUT2D eigenvalue weighted by Gasteiger charge is 2.38. The van der Waals surface area contributed by atoms with Crippen LogP contribution >= 0.6 is 0 Å². The zero-order valence-corrected chi connectivity index (χ0v) is 17.7. The van der Waals surface area contributed by atoms with E-state index in [0.717, 1.165) is 24.0 Å². The Morgan fingerprint density at radius 1 is 0.821 bits per heavy atom. The van der Waals surface area contributed by atoms with E-state index in [1.165, 1.54) is 24.3 Å². The van der Waals surface area contributed by atoms with Gasteiger partial charge in [0, 0.05) is 6.61 Å². The summed E-state index contributed by atoms with van der Waals surface area (Å²) in [6, 6.07) is 12.4. The molecule has 28 heavy (non-hydrogen) atoms. The largest absolute Gasteiger partial charge is 0.377 e. The number of aryl methyl sites for hydroxylation is 2. The zero-order valence-electron chi connectivity index (χ0n) is 16.0. The van der Waals surface area contributed by atoms with Gasteiger partial charge in [-0.05, 0) is 57.4 Å². The van der Waals surface area contributed by atoms with Gasteiger partial charge in [-0.3, -0.25) is 0 Å². The molecule has 1 saturated heterocycles. The highest BCUT2D eigenvalue weighted by atomic mass is 32.3. The van der Waals surface area contributed by atoms with Crippen molar-refractivity contribution in [3.63, 3.8) is 0 Å². The van der Waals surface area contributed by atoms with Crippen LogP contribution < -0.4 is 0 Å². The minimum absolute atomic E-state index is 0.0513. The fourth-order valence-electron chi connectivity index (χ4n) is 3.10. The summed E-state index contributed by atoms with van der Waals surface area (Å²) in [5.74, 6) is 0. The van der Waals surface area contributed by atoms with E-state index in [4.69, 9.17) is 4.74 Å². The molecule has 3 rings (SSSR count). The van der Waals surface area contributed by atoms with E-state index in [1.54, 1.807) is 24.3 Å². The summed E-state index contributed by atoms with van der Waals surface area (Å²) >= 11 is 0. The normalized spacial score (nSPS) is 18.3. The standard InChI is InChI=1S/C20H25NO5S2/c1-16-6-10-19(11-7-16)27(22,23)21(15-18-5-3-4-14-26-18)28(24,25)20-12-8-17(2)9-13-20/h6-13,18H,3-5,14-15H2,1-2H3. The lowest BCUT2D eigenvalue weighted by atomic mass is 10.1. The Balaban J connectivity index is 2.05. The van der Waals surface area contributed by atoms with Crippen molar-refractivity contribution in [3.05, 3.63) is 59.7 Å². The highest BCUT2D eigenvalue weighted by molar-refractivity contribution is 8.04. The number of hydrogen-bond donors (Lipinski definition) is 0. The molecular formula is C20H25NO5S2. The second kappa shape index (κ2) is 8.32. The molecule has 0 radical (unpaired) electrons. The molecule has 1 heterocycles. The van der Waals surface area contributed by atoms with Gasteiger partial charge in [0.15, 0.2) is 0 Å². The van der Waals surface area contributed by atoms with E-state index in [0.29, 0.717) is 16.7 Å². The molecule has 0 aliphatic carbocycles. The van der Waals surface area contributed by atoms with Crippen LogP contribution in [0.25, 0.3) is 0 Å². The van der Waals surface area contributed by atoms with Crippen LogP contribution in [0.2, 0.25) is 0 Å². The van der Waals surface area contributed by atoms with Crippen LogP contribution in [0.5, 0.6) is 0 Å². The molecule has 1 unspecified atom stereocenters. The van der Waals surface area contributed by atoms with Gasteiger partial charge in [0.1, 0.15) is 0 Å². The Morgan fingerprint density at radius 2 is 1.29 bits per heavy atom. The Kier molecular flexibility index (Phi) is 6.24. The van der Waals surface area contributed by atoms with Crippen molar-refractivity contribution >= 4 is 20.0 Å². The third kappa shape index (κ3) is 4.46. The van der Waals surface area contributed by atoms with Gasteiger partial charge in [0.2, 0.25) is 0 Å². The maximum absolute atomic E-state index is 13.3. The monoisotopic (exact) mass is 423 g/mol. The van der Waals surface area contributed by atoms with Crippen LogP contribution in [-0.4, -0.2) is 39.8 Å². The molecule has 2 aromatic carbocycles. The van der Waals surface area contributed by atoms with Crippen LogP contribution in [-0.2, 0) is 24.8 Å². The average Bonchev–Trinajstić information content (AvgIpc) is 2.67. The quantitative estimate of drug-likeness (QED) is 0.712. The second-order valence-corrected chi connectivity index (χ2v) is 11.0. The van der Waals surface area contributed by atoms with Crippen molar-refractivity contribution in [3.8, 4) is 0 Å². The third-order valence-electron chi connectivity index (χ3n) is 4.80. The molecule has 152 valence electrons. The molecule has 1 aliphatic heterocycles. The summed E-state index contributed by atoms with van der Waals surface area (Å²) < 4.78 is 59.4. The fraction of sp³-hybridized carbons (Fsp3) is 0.400. The molecule has 0 N–H and O–H groups in total. The van der Waals surface area contributed by atoms with Gasteiger partial charge < -0.3 is 4.74 Å². The minimum Gasteiger partial charge on any atom is -0.377 e. The van der Waals surface area contributed by atoms with E-state index in [1.807, 2.05) is 13.8 Å². The van der Waals surface area contributed by atoms with Gasteiger partial charge in [-0.1, -0.05) is 39.1 Å². The first-order valence-electron chi connectivity index (χ1n) is 9.24. The number of nitrogens with zero attached hydrogens (tertiary/aromatic N) is 1. The lowest BCUT2D eigenvalue weighted by Crippen LogP contribution is -2.43. The molecule has 0 amide bonds. The minimum atomic E-state index is -4.27. The van der Waals surface area contributed by atoms with Crippen molar-refractivity contribution in [1.82, 2.24) is 3.71 Å². The lowest BCUT2D eigenvalue weighted by molar-refractivity contribution is 0.0130. The van der Waals surface area contributed by atoms with Gasteiger partial charge in [-0.15, -0.1) is 0 Å². The summed E-state index contributed by atoms with van der Waals surface area (Å²) in [7, 11) is -8.54. The summed E-state index contributed by atoms with van der Waals surface area (Å²) in [5, 5.41) is 0. The molecule has 8 heteroatoms. The van der Waals surface area contributed by atoms with E-state index in [-0.39, 0.29) is 16.3 Å². The molecule has 0 spiro atoms. The van der Waals surface area contributed by atoms with Gasteiger partial charge >= 0.3 is 0 Å². The van der Waals surface area contributed by atoms with Crippen LogP contribution in [0.3, 0.4) is 0 Å². The number of hydrogen-bond acceptors (Lipinski definition) is 5. The molecule has 1 fully saturated rings. The Labute approximate surface area is 167 Å². The number of benzene rings is 2. The Morgan fingerprint density at radius 3 is 1.68 bits per heavy atom. The van der Waals surface area contributed by atoms with E-state index in [9.17, 15) is 16.8 Å². The SMILES string of the molecule is Cc1ccc(S(=O)(=O)N(CC2CCCCO2)S(=O)(=O)c2ccc(C)cc2)cc1. The average molecular weight is 424 g/mol. The van der Waals surface area contributed by atoms with Crippen LogP contribution in [0.4, 0.5) is 0 Å². The summed E-state index contributed by atoms with van der Waals surface area (Å²) in [5.41, 5.74) is 1.78. The fourth-order valence-corrected chi connectivity index (χ4v) is 6.80. The van der Waals surface area contributed by atoms with Crippen molar-refractivity contribution in [2.45, 2.75) is 49.0 Å². The first-order chi connectivity index (χ1) is 13.2. The van der Waals surface area contributed by atoms with Crippen molar-refractivity contribution in [2.75, 3.05) is 13.2 Å². The predicted octanol–water partition coefficient (Wildman–Crippen LogP) is 3.25. The Bertz CT molecular complexity index is 932. The first kappa shape index (κ1) is 21.0. The maximum atomic E-state index is 13.3. The molecular weight excluding hydrogens is 398 g/mol. The molecule has 0 bridgehead atoms. The summed E-state index contributed by atoms with van der Waals surface area (Å²) in [4.78, 5) is -0.103. The smallest absolute Gasteiger partial charge is 0.256 e. The third-order valence-corrected chi connectivity index (χ3v) is 9.08. The lowest BCUT2D eigenvalue weighted by Gasteiger charge is -2.29. The van der Waals surface area contributed by atoms with Crippen molar-refractivity contribution < 1.29 is 21.6 Å². The van der Waals surface area contributed by atoms with E-state index < -0.39 is 26.2 Å². The van der Waals surface area contributed by atoms with Crippen LogP contribution in [0.1, 0.15) is 30.4 Å². The van der Waals surface area contributed by atoms with Gasteiger partial charge in [0.05, 0.1) is 22.4 Å². The topological polar surface area (TPSA) is 80.8 Å².